The fourth-order valence-corrected chi connectivity index (χ4v) is 2.19. The highest BCUT2D eigenvalue weighted by atomic mass is 19.1. The number of aryl methyl sites for hydroxylation is 1. The maximum absolute atomic E-state index is 13.8. The van der Waals surface area contributed by atoms with Crippen molar-refractivity contribution in [1.29, 1.82) is 0 Å². The summed E-state index contributed by atoms with van der Waals surface area (Å²) < 4.78 is 13.8. The van der Waals surface area contributed by atoms with Crippen LogP contribution in [-0.4, -0.2) is 43.0 Å². The van der Waals surface area contributed by atoms with E-state index in [4.69, 9.17) is 5.73 Å². The van der Waals surface area contributed by atoms with Gasteiger partial charge in [-0.05, 0) is 24.6 Å². The minimum Gasteiger partial charge on any atom is -0.332 e. The molecule has 18 heavy (non-hydrogen) atoms. The Morgan fingerprint density at radius 2 is 2.39 bits per heavy atom. The smallest absolute Gasteiger partial charge is 0.257 e. The van der Waals surface area contributed by atoms with Gasteiger partial charge < -0.3 is 16.0 Å². The van der Waals surface area contributed by atoms with Crippen LogP contribution in [0, 0.1) is 12.7 Å². The molecule has 0 saturated carbocycles. The molecule has 1 atom stereocenters. The Labute approximate surface area is 106 Å². The average molecular weight is 251 g/mol. The number of carbonyl (C=O) groups is 1. The number of carbonyl (C=O) groups excluding carboxylic acids is 1. The van der Waals surface area contributed by atoms with Crippen LogP contribution in [0.1, 0.15) is 15.9 Å². The number of amides is 1. The molecular weight excluding hydrogens is 233 g/mol. The minimum atomic E-state index is -0.464. The van der Waals surface area contributed by atoms with E-state index in [0.29, 0.717) is 19.6 Å². The molecule has 1 heterocycles. The summed E-state index contributed by atoms with van der Waals surface area (Å²) in [6, 6.07) is 4.61. The molecule has 1 aromatic carbocycles. The molecule has 2 rings (SSSR count). The minimum absolute atomic E-state index is 0.0630. The molecule has 0 spiro atoms. The van der Waals surface area contributed by atoms with Crippen molar-refractivity contribution in [2.75, 3.05) is 26.2 Å². The van der Waals surface area contributed by atoms with Crippen molar-refractivity contribution in [3.8, 4) is 0 Å². The Kier molecular flexibility index (Phi) is 3.93. The van der Waals surface area contributed by atoms with Crippen molar-refractivity contribution >= 4 is 5.91 Å². The molecule has 1 aliphatic heterocycles. The predicted octanol–water partition coefficient (Wildman–Crippen LogP) is 0.507. The van der Waals surface area contributed by atoms with Gasteiger partial charge in [-0.3, -0.25) is 4.79 Å². The van der Waals surface area contributed by atoms with Crippen LogP contribution in [0.5, 0.6) is 0 Å². The van der Waals surface area contributed by atoms with Crippen LogP contribution in [-0.2, 0) is 0 Å². The van der Waals surface area contributed by atoms with Gasteiger partial charge >= 0.3 is 0 Å². The zero-order valence-corrected chi connectivity index (χ0v) is 10.4. The molecule has 5 heteroatoms. The molecule has 1 aliphatic rings. The normalized spacial score (nSPS) is 19.9. The Morgan fingerprint density at radius 1 is 1.61 bits per heavy atom. The SMILES string of the molecule is Cc1ccc(C(=O)N2CCNCC2CN)c(F)c1. The van der Waals surface area contributed by atoms with Crippen molar-refractivity contribution in [3.05, 3.63) is 35.1 Å². The molecule has 98 valence electrons. The molecule has 0 radical (unpaired) electrons. The van der Waals surface area contributed by atoms with Gasteiger partial charge in [0.05, 0.1) is 11.6 Å². The van der Waals surface area contributed by atoms with E-state index in [1.807, 2.05) is 0 Å². The van der Waals surface area contributed by atoms with E-state index in [-0.39, 0.29) is 17.5 Å². The van der Waals surface area contributed by atoms with E-state index >= 15 is 0 Å². The first-order chi connectivity index (χ1) is 8.63. The lowest BCUT2D eigenvalue weighted by Gasteiger charge is -2.35. The van der Waals surface area contributed by atoms with E-state index < -0.39 is 5.82 Å². The summed E-state index contributed by atoms with van der Waals surface area (Å²) in [6.45, 7) is 4.12. The topological polar surface area (TPSA) is 58.4 Å². The molecular formula is C13H18FN3O. The zero-order chi connectivity index (χ0) is 13.1. The summed E-state index contributed by atoms with van der Waals surface area (Å²) in [6.07, 6.45) is 0. The van der Waals surface area contributed by atoms with E-state index in [1.165, 1.54) is 6.07 Å². The second-order valence-electron chi connectivity index (χ2n) is 4.58. The lowest BCUT2D eigenvalue weighted by Crippen LogP contribution is -2.56. The Hall–Kier alpha value is -1.46. The summed E-state index contributed by atoms with van der Waals surface area (Å²) >= 11 is 0. The van der Waals surface area contributed by atoms with Gasteiger partial charge in [-0.1, -0.05) is 6.07 Å². The number of rotatable bonds is 2. The number of benzene rings is 1. The quantitative estimate of drug-likeness (QED) is 0.805. The highest BCUT2D eigenvalue weighted by Gasteiger charge is 2.27. The van der Waals surface area contributed by atoms with E-state index in [9.17, 15) is 9.18 Å². The predicted molar refractivity (Wildman–Crippen MR) is 67.9 cm³/mol. The summed E-state index contributed by atoms with van der Waals surface area (Å²) in [7, 11) is 0. The average Bonchev–Trinajstić information content (AvgIpc) is 2.38. The molecule has 1 fully saturated rings. The maximum atomic E-state index is 13.8. The molecule has 3 N–H and O–H groups in total. The number of hydrogen-bond acceptors (Lipinski definition) is 3. The van der Waals surface area contributed by atoms with Gasteiger partial charge in [0.15, 0.2) is 0 Å². The molecule has 4 nitrogen and oxygen atoms in total. The van der Waals surface area contributed by atoms with Crippen LogP contribution in [0.3, 0.4) is 0 Å². The van der Waals surface area contributed by atoms with E-state index in [0.717, 1.165) is 12.1 Å². The van der Waals surface area contributed by atoms with Crippen molar-refractivity contribution in [3.63, 3.8) is 0 Å². The first-order valence-corrected chi connectivity index (χ1v) is 6.11. The lowest BCUT2D eigenvalue weighted by molar-refractivity contribution is 0.0640. The highest BCUT2D eigenvalue weighted by Crippen LogP contribution is 2.15. The van der Waals surface area contributed by atoms with Crippen molar-refractivity contribution in [2.24, 2.45) is 5.73 Å². The van der Waals surface area contributed by atoms with Gasteiger partial charge in [0, 0.05) is 26.2 Å². The molecule has 0 bridgehead atoms. The summed E-state index contributed by atoms with van der Waals surface area (Å²) in [5, 5.41) is 3.18. The van der Waals surface area contributed by atoms with Crippen LogP contribution < -0.4 is 11.1 Å². The number of nitrogens with two attached hydrogens (primary N) is 1. The fraction of sp³-hybridized carbons (Fsp3) is 0.462. The summed E-state index contributed by atoms with van der Waals surface area (Å²) in [5.74, 6) is -0.737. The Morgan fingerprint density at radius 3 is 3.06 bits per heavy atom. The van der Waals surface area contributed by atoms with Crippen molar-refractivity contribution < 1.29 is 9.18 Å². The monoisotopic (exact) mass is 251 g/mol. The Balaban J connectivity index is 2.24. The largest absolute Gasteiger partial charge is 0.332 e. The molecule has 1 aromatic rings. The van der Waals surface area contributed by atoms with Gasteiger partial charge in [0.2, 0.25) is 0 Å². The van der Waals surface area contributed by atoms with Crippen molar-refractivity contribution in [2.45, 2.75) is 13.0 Å². The first kappa shape index (κ1) is 13.0. The second kappa shape index (κ2) is 5.46. The lowest BCUT2D eigenvalue weighted by atomic mass is 10.1. The second-order valence-corrected chi connectivity index (χ2v) is 4.58. The molecule has 1 amide bonds. The third-order valence-electron chi connectivity index (χ3n) is 3.24. The third kappa shape index (κ3) is 2.52. The first-order valence-electron chi connectivity index (χ1n) is 6.11. The number of halogens is 1. The summed E-state index contributed by atoms with van der Waals surface area (Å²) in [5.41, 5.74) is 6.58. The van der Waals surface area contributed by atoms with Crippen LogP contribution >= 0.6 is 0 Å². The van der Waals surface area contributed by atoms with Gasteiger partial charge in [-0.25, -0.2) is 4.39 Å². The van der Waals surface area contributed by atoms with E-state index in [1.54, 1.807) is 24.0 Å². The molecule has 0 aliphatic carbocycles. The molecule has 1 saturated heterocycles. The standard InChI is InChI=1S/C13H18FN3O/c1-9-2-3-11(12(14)6-9)13(18)17-5-4-16-8-10(17)7-15/h2-3,6,10,16H,4-5,7-8,15H2,1H3. The Bertz CT molecular complexity index is 450. The maximum Gasteiger partial charge on any atom is 0.257 e. The number of piperazine rings is 1. The van der Waals surface area contributed by atoms with Crippen molar-refractivity contribution in [1.82, 2.24) is 10.2 Å². The molecule has 0 aromatic heterocycles. The van der Waals surface area contributed by atoms with Crippen LogP contribution in [0.25, 0.3) is 0 Å². The van der Waals surface area contributed by atoms with Gasteiger partial charge in [0.25, 0.3) is 5.91 Å². The van der Waals surface area contributed by atoms with Crippen LogP contribution in [0.2, 0.25) is 0 Å². The number of nitrogens with one attached hydrogen (secondary N) is 1. The number of hydrogen-bond donors (Lipinski definition) is 2. The van der Waals surface area contributed by atoms with Gasteiger partial charge in [0.1, 0.15) is 5.82 Å². The van der Waals surface area contributed by atoms with Crippen LogP contribution in [0.4, 0.5) is 4.39 Å². The third-order valence-corrected chi connectivity index (χ3v) is 3.24. The van der Waals surface area contributed by atoms with Crippen LogP contribution in [0.15, 0.2) is 18.2 Å². The zero-order valence-electron chi connectivity index (χ0n) is 10.4. The highest BCUT2D eigenvalue weighted by molar-refractivity contribution is 5.94. The van der Waals surface area contributed by atoms with Gasteiger partial charge in [-0.15, -0.1) is 0 Å². The number of nitrogens with zero attached hydrogens (tertiary/aromatic N) is 1. The summed E-state index contributed by atoms with van der Waals surface area (Å²) in [4.78, 5) is 14.0. The fourth-order valence-electron chi connectivity index (χ4n) is 2.19. The van der Waals surface area contributed by atoms with E-state index in [2.05, 4.69) is 5.32 Å². The van der Waals surface area contributed by atoms with Gasteiger partial charge in [-0.2, -0.15) is 0 Å². The molecule has 1 unspecified atom stereocenters.